The van der Waals surface area contributed by atoms with Crippen LogP contribution in [0.15, 0.2) is 24.3 Å². The van der Waals surface area contributed by atoms with Gasteiger partial charge in [-0.05, 0) is 6.07 Å². The second-order valence-corrected chi connectivity index (χ2v) is 4.19. The number of imide groups is 1. The van der Waals surface area contributed by atoms with Crippen LogP contribution >= 0.6 is 0 Å². The van der Waals surface area contributed by atoms with Crippen LogP contribution in [0.25, 0.3) is 0 Å². The summed E-state index contributed by atoms with van der Waals surface area (Å²) in [5.74, 6) is -2.71. The number of carbonyl (C=O) groups is 3. The molecule has 6 nitrogen and oxygen atoms in total. The summed E-state index contributed by atoms with van der Waals surface area (Å²) in [6.45, 7) is -0.871. The minimum absolute atomic E-state index is 0.0604. The number of amides is 2. The molecule has 0 radical (unpaired) electrons. The van der Waals surface area contributed by atoms with Crippen molar-refractivity contribution in [3.8, 4) is 0 Å². The summed E-state index contributed by atoms with van der Waals surface area (Å²) in [6, 6.07) is 5.98. The number of carbonyl (C=O) groups excluding carboxylic acids is 2. The van der Waals surface area contributed by atoms with Crippen molar-refractivity contribution in [3.63, 3.8) is 0 Å². The Morgan fingerprint density at radius 1 is 1.35 bits per heavy atom. The van der Waals surface area contributed by atoms with Gasteiger partial charge in [-0.2, -0.15) is 0 Å². The second-order valence-electron chi connectivity index (χ2n) is 4.19. The van der Waals surface area contributed by atoms with Crippen molar-refractivity contribution in [1.82, 2.24) is 4.90 Å². The molecule has 0 saturated carbocycles. The molecule has 0 spiro atoms. The second kappa shape index (κ2) is 5.79. The number of ether oxygens (including phenoxy) is 1. The van der Waals surface area contributed by atoms with Gasteiger partial charge in [0.1, 0.15) is 6.61 Å². The Bertz CT molecular complexity index is 559. The molecule has 1 aromatic rings. The summed E-state index contributed by atoms with van der Waals surface area (Å²) in [5, 5.41) is 8.39. The highest BCUT2D eigenvalue weighted by Gasteiger charge is 2.38. The lowest BCUT2D eigenvalue weighted by molar-refractivity contribution is -0.142. The molecule has 7 heteroatoms. The summed E-state index contributed by atoms with van der Waals surface area (Å²) in [5.41, 5.74) is 0.197. The maximum Gasteiger partial charge on any atom is 0.329 e. The zero-order valence-corrected chi connectivity index (χ0v) is 10.4. The van der Waals surface area contributed by atoms with Gasteiger partial charge in [-0.3, -0.25) is 14.5 Å². The van der Waals surface area contributed by atoms with Gasteiger partial charge in [0.25, 0.3) is 11.8 Å². The number of aliphatic carboxylic acids is 1. The van der Waals surface area contributed by atoms with Gasteiger partial charge in [0.2, 0.25) is 6.17 Å². The minimum atomic E-state index is -1.89. The van der Waals surface area contributed by atoms with Gasteiger partial charge in [0.05, 0.1) is 13.2 Å². The van der Waals surface area contributed by atoms with E-state index in [1.165, 1.54) is 12.1 Å². The van der Waals surface area contributed by atoms with Gasteiger partial charge >= 0.3 is 5.97 Å². The third-order valence-electron chi connectivity index (χ3n) is 2.88. The number of halogens is 1. The van der Waals surface area contributed by atoms with Crippen molar-refractivity contribution >= 4 is 17.8 Å². The molecule has 0 fully saturated rings. The Morgan fingerprint density at radius 2 is 2.05 bits per heavy atom. The van der Waals surface area contributed by atoms with Crippen molar-refractivity contribution in [2.75, 3.05) is 19.8 Å². The van der Waals surface area contributed by atoms with Crippen molar-refractivity contribution in [1.29, 1.82) is 0 Å². The van der Waals surface area contributed by atoms with Crippen LogP contribution in [0.4, 0.5) is 4.39 Å². The minimum Gasteiger partial charge on any atom is -0.480 e. The Labute approximate surface area is 113 Å². The summed E-state index contributed by atoms with van der Waals surface area (Å²) >= 11 is 0. The molecule has 1 heterocycles. The largest absolute Gasteiger partial charge is 0.480 e. The molecule has 106 valence electrons. The average Bonchev–Trinajstić information content (AvgIpc) is 2.44. The highest BCUT2D eigenvalue weighted by Crippen LogP contribution is 2.29. The number of carboxylic acid groups (broad SMARTS) is 1. The first-order valence-corrected chi connectivity index (χ1v) is 5.90. The summed E-state index contributed by atoms with van der Waals surface area (Å²) in [6.07, 6.45) is -1.89. The summed E-state index contributed by atoms with van der Waals surface area (Å²) in [4.78, 5) is 34.9. The Hall–Kier alpha value is -2.28. The van der Waals surface area contributed by atoms with Crippen LogP contribution in [-0.2, 0) is 14.3 Å². The maximum atomic E-state index is 14.0. The molecule has 0 bridgehead atoms. The molecular formula is C13H12FNO5. The molecule has 1 aliphatic heterocycles. The zero-order valence-electron chi connectivity index (χ0n) is 10.4. The first kappa shape index (κ1) is 14.1. The van der Waals surface area contributed by atoms with Gasteiger partial charge in [0, 0.05) is 11.1 Å². The quantitative estimate of drug-likeness (QED) is 0.637. The van der Waals surface area contributed by atoms with Gasteiger partial charge in [-0.1, -0.05) is 18.2 Å². The molecule has 2 rings (SSSR count). The number of hydrogen-bond acceptors (Lipinski definition) is 4. The number of hydrogen-bond donors (Lipinski definition) is 1. The van der Waals surface area contributed by atoms with Gasteiger partial charge in [0.15, 0.2) is 0 Å². The predicted octanol–water partition coefficient (Wildman–Crippen LogP) is 0.781. The topological polar surface area (TPSA) is 83.9 Å². The van der Waals surface area contributed by atoms with Gasteiger partial charge in [-0.15, -0.1) is 0 Å². The molecule has 2 amide bonds. The molecule has 20 heavy (non-hydrogen) atoms. The highest BCUT2D eigenvalue weighted by molar-refractivity contribution is 6.10. The van der Waals surface area contributed by atoms with Crippen LogP contribution in [-0.4, -0.2) is 47.5 Å². The average molecular weight is 281 g/mol. The zero-order chi connectivity index (χ0) is 14.7. The summed E-state index contributed by atoms with van der Waals surface area (Å²) in [7, 11) is 0. The van der Waals surface area contributed by atoms with E-state index in [1.54, 1.807) is 12.1 Å². The van der Waals surface area contributed by atoms with E-state index in [0.29, 0.717) is 0 Å². The maximum absolute atomic E-state index is 14.0. The Kier molecular flexibility index (Phi) is 4.09. The standard InChI is InChI=1S/C13H12FNO5/c14-11-8-3-1-2-4-9(8)12(18)15(13(11)19)5-6-20-7-10(16)17/h1-4,11H,5-7H2,(H,16,17). The number of alkyl halides is 1. The normalized spacial score (nSPS) is 18.1. The number of carboxylic acids is 1. The fraction of sp³-hybridized carbons (Fsp3) is 0.308. The fourth-order valence-electron chi connectivity index (χ4n) is 1.96. The number of benzene rings is 1. The van der Waals surface area contributed by atoms with E-state index >= 15 is 0 Å². The SMILES string of the molecule is O=C(O)COCCN1C(=O)c2ccccc2C(F)C1=O. The van der Waals surface area contributed by atoms with E-state index in [2.05, 4.69) is 0 Å². The first-order chi connectivity index (χ1) is 9.52. The molecular weight excluding hydrogens is 269 g/mol. The Morgan fingerprint density at radius 3 is 2.75 bits per heavy atom. The van der Waals surface area contributed by atoms with E-state index in [-0.39, 0.29) is 24.3 Å². The lowest BCUT2D eigenvalue weighted by Gasteiger charge is -2.28. The third kappa shape index (κ3) is 2.67. The van der Waals surface area contributed by atoms with Gasteiger partial charge < -0.3 is 9.84 Å². The van der Waals surface area contributed by atoms with E-state index in [9.17, 15) is 18.8 Å². The lowest BCUT2D eigenvalue weighted by Crippen LogP contribution is -2.45. The lowest BCUT2D eigenvalue weighted by atomic mass is 9.97. The molecule has 1 N–H and O–H groups in total. The molecule has 0 aromatic heterocycles. The monoisotopic (exact) mass is 281 g/mol. The van der Waals surface area contributed by atoms with E-state index in [1.807, 2.05) is 0 Å². The molecule has 0 aliphatic carbocycles. The number of rotatable bonds is 5. The van der Waals surface area contributed by atoms with Crippen molar-refractivity contribution in [2.45, 2.75) is 6.17 Å². The van der Waals surface area contributed by atoms with Crippen molar-refractivity contribution < 1.29 is 28.6 Å². The summed E-state index contributed by atoms with van der Waals surface area (Å²) < 4.78 is 18.7. The molecule has 1 atom stereocenters. The molecule has 0 saturated heterocycles. The van der Waals surface area contributed by atoms with Crippen LogP contribution in [0.1, 0.15) is 22.1 Å². The molecule has 1 aliphatic rings. The van der Waals surface area contributed by atoms with Crippen LogP contribution in [0, 0.1) is 0 Å². The fourth-order valence-corrected chi connectivity index (χ4v) is 1.96. The predicted molar refractivity (Wildman–Crippen MR) is 64.8 cm³/mol. The Balaban J connectivity index is 2.10. The third-order valence-corrected chi connectivity index (χ3v) is 2.88. The van der Waals surface area contributed by atoms with Crippen LogP contribution in [0.2, 0.25) is 0 Å². The molecule has 1 aromatic carbocycles. The van der Waals surface area contributed by atoms with E-state index in [4.69, 9.17) is 9.84 Å². The van der Waals surface area contributed by atoms with Gasteiger partial charge in [-0.25, -0.2) is 9.18 Å². The van der Waals surface area contributed by atoms with E-state index < -0.39 is 30.6 Å². The van der Waals surface area contributed by atoms with Crippen LogP contribution in [0.3, 0.4) is 0 Å². The smallest absolute Gasteiger partial charge is 0.329 e. The van der Waals surface area contributed by atoms with E-state index in [0.717, 1.165) is 4.90 Å². The van der Waals surface area contributed by atoms with Crippen LogP contribution < -0.4 is 0 Å². The number of fused-ring (bicyclic) bond motifs is 1. The number of nitrogens with zero attached hydrogens (tertiary/aromatic N) is 1. The highest BCUT2D eigenvalue weighted by atomic mass is 19.1. The van der Waals surface area contributed by atoms with Crippen molar-refractivity contribution in [3.05, 3.63) is 35.4 Å². The molecule has 1 unspecified atom stereocenters. The van der Waals surface area contributed by atoms with Crippen molar-refractivity contribution in [2.24, 2.45) is 0 Å². The van der Waals surface area contributed by atoms with Crippen LogP contribution in [0.5, 0.6) is 0 Å². The first-order valence-electron chi connectivity index (χ1n) is 5.90.